The van der Waals surface area contributed by atoms with E-state index < -0.39 is 6.04 Å². The summed E-state index contributed by atoms with van der Waals surface area (Å²) in [6.07, 6.45) is 1.57. The van der Waals surface area contributed by atoms with E-state index in [1.165, 1.54) is 0 Å². The van der Waals surface area contributed by atoms with Crippen molar-refractivity contribution in [3.8, 4) is 11.5 Å². The van der Waals surface area contributed by atoms with Crippen molar-refractivity contribution in [2.75, 3.05) is 6.61 Å². The van der Waals surface area contributed by atoms with Gasteiger partial charge in [-0.1, -0.05) is 16.8 Å². The van der Waals surface area contributed by atoms with Gasteiger partial charge in [-0.2, -0.15) is 4.98 Å². The SMILES string of the molecule is N[C@H](CO)c1nc(-c2ncccc2Cl)no1. The summed E-state index contributed by atoms with van der Waals surface area (Å²) in [5.74, 6) is 0.406. The van der Waals surface area contributed by atoms with Gasteiger partial charge in [0.05, 0.1) is 11.6 Å². The van der Waals surface area contributed by atoms with E-state index in [-0.39, 0.29) is 18.3 Å². The molecule has 0 radical (unpaired) electrons. The van der Waals surface area contributed by atoms with Crippen LogP contribution in [0.1, 0.15) is 11.9 Å². The van der Waals surface area contributed by atoms with Crippen molar-refractivity contribution >= 4 is 11.6 Å². The number of halogens is 1. The van der Waals surface area contributed by atoms with Crippen LogP contribution in [-0.4, -0.2) is 26.8 Å². The average molecular weight is 241 g/mol. The van der Waals surface area contributed by atoms with Crippen LogP contribution >= 0.6 is 11.6 Å². The van der Waals surface area contributed by atoms with Crippen molar-refractivity contribution in [1.82, 2.24) is 15.1 Å². The lowest BCUT2D eigenvalue weighted by atomic mass is 10.3. The van der Waals surface area contributed by atoms with Crippen LogP contribution in [-0.2, 0) is 0 Å². The summed E-state index contributed by atoms with van der Waals surface area (Å²) in [6, 6.07) is 2.68. The highest BCUT2D eigenvalue weighted by Crippen LogP contribution is 2.23. The fraction of sp³-hybridized carbons (Fsp3) is 0.222. The summed E-state index contributed by atoms with van der Waals surface area (Å²) in [6.45, 7) is -0.266. The molecule has 0 amide bonds. The van der Waals surface area contributed by atoms with Gasteiger partial charge in [-0.25, -0.2) is 0 Å². The van der Waals surface area contributed by atoms with Crippen LogP contribution in [0.15, 0.2) is 22.9 Å². The minimum absolute atomic E-state index is 0.152. The monoisotopic (exact) mass is 240 g/mol. The van der Waals surface area contributed by atoms with Gasteiger partial charge in [0.1, 0.15) is 11.7 Å². The zero-order valence-corrected chi connectivity index (χ0v) is 8.92. The lowest BCUT2D eigenvalue weighted by Gasteiger charge is -1.98. The second-order valence-corrected chi connectivity index (χ2v) is 3.49. The highest BCUT2D eigenvalue weighted by atomic mass is 35.5. The predicted molar refractivity (Wildman–Crippen MR) is 56.6 cm³/mol. The third-order valence-corrected chi connectivity index (χ3v) is 2.23. The molecule has 7 heteroatoms. The minimum Gasteiger partial charge on any atom is -0.394 e. The molecule has 84 valence electrons. The molecule has 6 nitrogen and oxygen atoms in total. The number of aliphatic hydroxyl groups excluding tert-OH is 1. The molecule has 3 N–H and O–H groups in total. The van der Waals surface area contributed by atoms with E-state index in [0.717, 1.165) is 0 Å². The highest BCUT2D eigenvalue weighted by Gasteiger charge is 2.16. The summed E-state index contributed by atoms with van der Waals surface area (Å²) >= 11 is 5.92. The van der Waals surface area contributed by atoms with Gasteiger partial charge in [0.15, 0.2) is 0 Å². The Balaban J connectivity index is 2.35. The van der Waals surface area contributed by atoms with Gasteiger partial charge in [0.2, 0.25) is 11.7 Å². The van der Waals surface area contributed by atoms with Gasteiger partial charge in [0, 0.05) is 6.20 Å². The number of nitrogens with two attached hydrogens (primary N) is 1. The molecule has 0 saturated carbocycles. The Kier molecular flexibility index (Phi) is 3.14. The van der Waals surface area contributed by atoms with Gasteiger partial charge in [0.25, 0.3) is 0 Å². The summed E-state index contributed by atoms with van der Waals surface area (Å²) in [5, 5.41) is 12.9. The Hall–Kier alpha value is -1.50. The first-order chi connectivity index (χ1) is 7.72. The maximum Gasteiger partial charge on any atom is 0.246 e. The summed E-state index contributed by atoms with van der Waals surface area (Å²) in [4.78, 5) is 8.03. The molecular weight excluding hydrogens is 232 g/mol. The van der Waals surface area contributed by atoms with Gasteiger partial charge in [-0.15, -0.1) is 0 Å². The molecule has 2 aromatic heterocycles. The van der Waals surface area contributed by atoms with Crippen molar-refractivity contribution in [2.24, 2.45) is 5.73 Å². The molecule has 0 aliphatic rings. The highest BCUT2D eigenvalue weighted by molar-refractivity contribution is 6.32. The molecule has 16 heavy (non-hydrogen) atoms. The van der Waals surface area contributed by atoms with E-state index in [4.69, 9.17) is 27.0 Å². The molecule has 0 bridgehead atoms. The van der Waals surface area contributed by atoms with Crippen LogP contribution in [0, 0.1) is 0 Å². The van der Waals surface area contributed by atoms with Crippen molar-refractivity contribution in [2.45, 2.75) is 6.04 Å². The summed E-state index contributed by atoms with van der Waals surface area (Å²) in [5.41, 5.74) is 5.94. The number of aliphatic hydroxyl groups is 1. The van der Waals surface area contributed by atoms with E-state index in [1.54, 1.807) is 18.3 Å². The third-order valence-electron chi connectivity index (χ3n) is 1.93. The summed E-state index contributed by atoms with van der Waals surface area (Å²) in [7, 11) is 0. The van der Waals surface area contributed by atoms with Crippen LogP contribution in [0.25, 0.3) is 11.5 Å². The van der Waals surface area contributed by atoms with Crippen LogP contribution in [0.5, 0.6) is 0 Å². The molecule has 0 aliphatic heterocycles. The van der Waals surface area contributed by atoms with Gasteiger partial charge in [-0.05, 0) is 12.1 Å². The van der Waals surface area contributed by atoms with Crippen molar-refractivity contribution in [1.29, 1.82) is 0 Å². The first-order valence-electron chi connectivity index (χ1n) is 4.53. The average Bonchev–Trinajstić information content (AvgIpc) is 2.78. The molecule has 0 aromatic carbocycles. The molecule has 0 fully saturated rings. The molecule has 2 rings (SSSR count). The maximum absolute atomic E-state index is 8.83. The predicted octanol–water partition coefficient (Wildman–Crippen LogP) is 0.777. The van der Waals surface area contributed by atoms with Crippen LogP contribution in [0.2, 0.25) is 5.02 Å². The second kappa shape index (κ2) is 4.56. The van der Waals surface area contributed by atoms with Crippen molar-refractivity contribution < 1.29 is 9.63 Å². The molecule has 0 saturated heterocycles. The van der Waals surface area contributed by atoms with E-state index in [2.05, 4.69) is 15.1 Å². The Labute approximate surface area is 96.1 Å². The summed E-state index contributed by atoms with van der Waals surface area (Å²) < 4.78 is 4.88. The first-order valence-corrected chi connectivity index (χ1v) is 4.91. The fourth-order valence-corrected chi connectivity index (χ4v) is 1.32. The molecule has 2 aromatic rings. The molecule has 1 atom stereocenters. The zero-order chi connectivity index (χ0) is 11.5. The largest absolute Gasteiger partial charge is 0.394 e. The Morgan fingerprint density at radius 2 is 2.38 bits per heavy atom. The molecule has 0 aliphatic carbocycles. The van der Waals surface area contributed by atoms with Crippen LogP contribution in [0.3, 0.4) is 0 Å². The lowest BCUT2D eigenvalue weighted by Crippen LogP contribution is -2.14. The maximum atomic E-state index is 8.83. The Morgan fingerprint density at radius 3 is 3.06 bits per heavy atom. The van der Waals surface area contributed by atoms with Gasteiger partial charge < -0.3 is 15.4 Å². The van der Waals surface area contributed by atoms with Crippen molar-refractivity contribution in [3.63, 3.8) is 0 Å². The number of pyridine rings is 1. The molecular formula is C9H9ClN4O2. The molecule has 0 spiro atoms. The topological polar surface area (TPSA) is 98.1 Å². The number of rotatable bonds is 3. The minimum atomic E-state index is -0.691. The van der Waals surface area contributed by atoms with Crippen LogP contribution in [0.4, 0.5) is 0 Å². The van der Waals surface area contributed by atoms with E-state index in [0.29, 0.717) is 10.7 Å². The van der Waals surface area contributed by atoms with E-state index in [1.807, 2.05) is 0 Å². The van der Waals surface area contributed by atoms with Gasteiger partial charge in [-0.3, -0.25) is 4.98 Å². The number of hydrogen-bond acceptors (Lipinski definition) is 6. The number of nitrogens with zero attached hydrogens (tertiary/aromatic N) is 3. The normalized spacial score (nSPS) is 12.7. The van der Waals surface area contributed by atoms with E-state index in [9.17, 15) is 0 Å². The van der Waals surface area contributed by atoms with E-state index >= 15 is 0 Å². The standard InChI is InChI=1S/C9H9ClN4O2/c10-5-2-1-3-12-7(5)8-13-9(16-14-8)6(11)4-15/h1-3,6,15H,4,11H2/t6-/m1/s1. The Bertz CT molecular complexity index is 488. The van der Waals surface area contributed by atoms with Crippen molar-refractivity contribution in [3.05, 3.63) is 29.2 Å². The first kappa shape index (κ1) is 11.0. The van der Waals surface area contributed by atoms with Gasteiger partial charge >= 0.3 is 0 Å². The molecule has 0 unspecified atom stereocenters. The zero-order valence-electron chi connectivity index (χ0n) is 8.17. The molecule has 2 heterocycles. The Morgan fingerprint density at radius 1 is 1.56 bits per heavy atom. The third kappa shape index (κ3) is 2.04. The fourth-order valence-electron chi connectivity index (χ4n) is 1.11. The van der Waals surface area contributed by atoms with Crippen LogP contribution < -0.4 is 5.73 Å². The lowest BCUT2D eigenvalue weighted by molar-refractivity contribution is 0.237. The quantitative estimate of drug-likeness (QED) is 0.823. The number of hydrogen-bond donors (Lipinski definition) is 2. The second-order valence-electron chi connectivity index (χ2n) is 3.08. The number of aromatic nitrogens is 3. The smallest absolute Gasteiger partial charge is 0.246 e.